The summed E-state index contributed by atoms with van der Waals surface area (Å²) in [6, 6.07) is 10.3. The van der Waals surface area contributed by atoms with Crippen LogP contribution in [-0.2, 0) is 11.3 Å². The maximum Gasteiger partial charge on any atom is 0.308 e. The molecule has 2 aromatic rings. The Bertz CT molecular complexity index is 696. The molecule has 126 valence electrons. The van der Waals surface area contributed by atoms with Crippen LogP contribution >= 0.6 is 0 Å². The highest BCUT2D eigenvalue weighted by Gasteiger charge is 2.53. The molecule has 0 radical (unpaired) electrons. The van der Waals surface area contributed by atoms with Crippen molar-refractivity contribution in [3.8, 4) is 5.69 Å². The fraction of sp³-hybridized carbons (Fsp3) is 0.474. The molecule has 2 aliphatic carbocycles. The maximum absolute atomic E-state index is 11.6. The molecule has 2 fully saturated rings. The van der Waals surface area contributed by atoms with Crippen LogP contribution in [0.3, 0.4) is 0 Å². The lowest BCUT2D eigenvalue weighted by molar-refractivity contribution is -0.157. The summed E-state index contributed by atoms with van der Waals surface area (Å²) in [5, 5.41) is 17.3. The summed E-state index contributed by atoms with van der Waals surface area (Å²) in [6.45, 7) is 0.719. The summed E-state index contributed by atoms with van der Waals surface area (Å²) >= 11 is 0. The van der Waals surface area contributed by atoms with Gasteiger partial charge in [0.05, 0.1) is 11.6 Å². The van der Waals surface area contributed by atoms with Crippen molar-refractivity contribution in [1.29, 1.82) is 0 Å². The van der Waals surface area contributed by atoms with Gasteiger partial charge in [0.1, 0.15) is 0 Å². The zero-order valence-electron chi connectivity index (χ0n) is 13.6. The van der Waals surface area contributed by atoms with Crippen LogP contribution in [0.2, 0.25) is 0 Å². The second-order valence-electron chi connectivity index (χ2n) is 7.00. The van der Waals surface area contributed by atoms with E-state index >= 15 is 0 Å². The topological polar surface area (TPSA) is 67.2 Å². The third-order valence-corrected chi connectivity index (χ3v) is 5.72. The molecule has 24 heavy (non-hydrogen) atoms. The van der Waals surface area contributed by atoms with Crippen LogP contribution in [0.1, 0.15) is 31.2 Å². The molecule has 0 unspecified atom stereocenters. The Balaban J connectivity index is 1.40. The summed E-state index contributed by atoms with van der Waals surface area (Å²) < 4.78 is 1.83. The monoisotopic (exact) mass is 325 g/mol. The molecule has 0 aliphatic heterocycles. The van der Waals surface area contributed by atoms with Gasteiger partial charge in [0.2, 0.25) is 0 Å². The maximum atomic E-state index is 11.6. The van der Waals surface area contributed by atoms with E-state index in [0.29, 0.717) is 11.8 Å². The zero-order valence-corrected chi connectivity index (χ0v) is 13.6. The van der Waals surface area contributed by atoms with Gasteiger partial charge in [-0.05, 0) is 48.4 Å². The zero-order chi connectivity index (χ0) is 16.5. The third kappa shape index (κ3) is 2.73. The quantitative estimate of drug-likeness (QED) is 0.887. The van der Waals surface area contributed by atoms with Gasteiger partial charge < -0.3 is 10.4 Å². The first-order valence-corrected chi connectivity index (χ1v) is 8.79. The van der Waals surface area contributed by atoms with Crippen LogP contribution in [0.5, 0.6) is 0 Å². The van der Waals surface area contributed by atoms with Crippen molar-refractivity contribution in [3.63, 3.8) is 0 Å². The highest BCUT2D eigenvalue weighted by molar-refractivity contribution is 5.73. The van der Waals surface area contributed by atoms with Crippen molar-refractivity contribution in [3.05, 3.63) is 48.3 Å². The van der Waals surface area contributed by atoms with Crippen LogP contribution in [0, 0.1) is 17.8 Å². The van der Waals surface area contributed by atoms with Gasteiger partial charge in [0.15, 0.2) is 0 Å². The Kier molecular flexibility index (Phi) is 4.10. The fourth-order valence-electron chi connectivity index (χ4n) is 4.51. The van der Waals surface area contributed by atoms with E-state index in [2.05, 4.69) is 22.5 Å². The van der Waals surface area contributed by atoms with Gasteiger partial charge in [-0.25, -0.2) is 4.68 Å². The van der Waals surface area contributed by atoms with Crippen molar-refractivity contribution < 1.29 is 9.90 Å². The normalized spacial score (nSPS) is 28.8. The van der Waals surface area contributed by atoms with E-state index in [9.17, 15) is 9.90 Å². The van der Waals surface area contributed by atoms with Gasteiger partial charge >= 0.3 is 5.97 Å². The number of nitrogens with zero attached hydrogens (tertiary/aromatic N) is 2. The number of hydrogen-bond acceptors (Lipinski definition) is 3. The summed E-state index contributed by atoms with van der Waals surface area (Å²) in [7, 11) is 0. The lowest BCUT2D eigenvalue weighted by Gasteiger charge is -2.53. The number of aromatic nitrogens is 2. The fourth-order valence-corrected chi connectivity index (χ4v) is 4.51. The molecule has 0 bridgehead atoms. The number of carboxylic acids is 1. The minimum atomic E-state index is -0.635. The highest BCUT2D eigenvalue weighted by atomic mass is 16.4. The van der Waals surface area contributed by atoms with E-state index in [1.807, 2.05) is 29.1 Å². The molecule has 2 aliphatic rings. The number of fused-ring (bicyclic) bond motifs is 1. The highest BCUT2D eigenvalue weighted by Crippen LogP contribution is 2.49. The summed E-state index contributed by atoms with van der Waals surface area (Å²) in [5.74, 6) is 0.0856. The van der Waals surface area contributed by atoms with E-state index in [-0.39, 0.29) is 12.0 Å². The second-order valence-corrected chi connectivity index (χ2v) is 7.00. The van der Waals surface area contributed by atoms with E-state index in [4.69, 9.17) is 0 Å². The average molecular weight is 325 g/mol. The van der Waals surface area contributed by atoms with E-state index in [1.165, 1.54) is 24.8 Å². The van der Waals surface area contributed by atoms with Crippen LogP contribution in [0.25, 0.3) is 5.69 Å². The minimum Gasteiger partial charge on any atom is -0.481 e. The molecule has 1 heterocycles. The first kappa shape index (κ1) is 15.4. The van der Waals surface area contributed by atoms with E-state index < -0.39 is 5.97 Å². The smallest absolute Gasteiger partial charge is 0.308 e. The Morgan fingerprint density at radius 3 is 2.62 bits per heavy atom. The summed E-state index contributed by atoms with van der Waals surface area (Å²) in [4.78, 5) is 11.6. The van der Waals surface area contributed by atoms with Crippen LogP contribution in [0.4, 0.5) is 0 Å². The van der Waals surface area contributed by atoms with Gasteiger partial charge in [-0.2, -0.15) is 5.10 Å². The van der Waals surface area contributed by atoms with Gasteiger partial charge in [-0.1, -0.05) is 25.0 Å². The first-order chi connectivity index (χ1) is 11.7. The Labute approximate surface area is 141 Å². The molecule has 0 saturated heterocycles. The molecule has 2 N–H and O–H groups in total. The number of aliphatic carboxylic acids is 1. The summed E-state index contributed by atoms with van der Waals surface area (Å²) in [6.07, 6.45) is 8.36. The number of nitrogens with one attached hydrogen (secondary N) is 1. The van der Waals surface area contributed by atoms with Crippen LogP contribution in [-0.4, -0.2) is 26.9 Å². The van der Waals surface area contributed by atoms with Gasteiger partial charge in [-0.3, -0.25) is 4.79 Å². The van der Waals surface area contributed by atoms with Crippen LogP contribution < -0.4 is 5.32 Å². The van der Waals surface area contributed by atoms with Gasteiger partial charge in [-0.15, -0.1) is 0 Å². The van der Waals surface area contributed by atoms with Crippen molar-refractivity contribution in [2.75, 3.05) is 0 Å². The molecule has 0 spiro atoms. The predicted molar refractivity (Wildman–Crippen MR) is 90.8 cm³/mol. The minimum absolute atomic E-state index is 0.124. The number of carbonyl (C=O) groups is 1. The molecular weight excluding hydrogens is 302 g/mol. The van der Waals surface area contributed by atoms with E-state index in [0.717, 1.165) is 18.7 Å². The second kappa shape index (κ2) is 6.40. The lowest BCUT2D eigenvalue weighted by Crippen LogP contribution is -2.61. The molecule has 2 saturated carbocycles. The SMILES string of the molecule is O=C(O)[C@H]1[C@H]2CCCC[C@H]2[C@@H]1NCc1ccc(-n2cccn2)cc1. The molecule has 5 heteroatoms. The number of carboxylic acid groups (broad SMARTS) is 1. The van der Waals surface area contributed by atoms with Crippen molar-refractivity contribution >= 4 is 5.97 Å². The Hall–Kier alpha value is -2.14. The summed E-state index contributed by atoms with van der Waals surface area (Å²) in [5.41, 5.74) is 2.21. The average Bonchev–Trinajstić information content (AvgIpc) is 3.10. The number of rotatable bonds is 5. The first-order valence-electron chi connectivity index (χ1n) is 8.79. The van der Waals surface area contributed by atoms with Gasteiger partial charge in [0.25, 0.3) is 0 Å². The molecule has 1 aromatic heterocycles. The van der Waals surface area contributed by atoms with Crippen molar-refractivity contribution in [2.24, 2.45) is 17.8 Å². The largest absolute Gasteiger partial charge is 0.481 e. The molecule has 5 nitrogen and oxygen atoms in total. The predicted octanol–water partition coefficient (Wildman–Crippen LogP) is 2.85. The molecule has 0 amide bonds. The van der Waals surface area contributed by atoms with Gasteiger partial charge in [0, 0.05) is 25.0 Å². The molecule has 1 aromatic carbocycles. The number of hydrogen-bond donors (Lipinski definition) is 2. The molecule has 4 atom stereocenters. The molecular formula is C19H23N3O2. The number of benzene rings is 1. The molecule has 4 rings (SSSR count). The Morgan fingerprint density at radius 2 is 1.96 bits per heavy atom. The van der Waals surface area contributed by atoms with E-state index in [1.54, 1.807) is 6.20 Å². The standard InChI is InChI=1S/C19H23N3O2/c23-19(24)17-15-4-1-2-5-16(15)18(17)20-12-13-6-8-14(9-7-13)22-11-3-10-21-22/h3,6-11,15-18,20H,1-2,4-5,12H2,(H,23,24)/t15-,16+,17-,18-/m0/s1. The van der Waals surface area contributed by atoms with Crippen molar-refractivity contribution in [1.82, 2.24) is 15.1 Å². The third-order valence-electron chi connectivity index (χ3n) is 5.72. The van der Waals surface area contributed by atoms with Crippen molar-refractivity contribution in [2.45, 2.75) is 38.3 Å². The van der Waals surface area contributed by atoms with Crippen LogP contribution in [0.15, 0.2) is 42.7 Å². The Morgan fingerprint density at radius 1 is 1.21 bits per heavy atom. The lowest BCUT2D eigenvalue weighted by atomic mass is 9.55.